The lowest BCUT2D eigenvalue weighted by Gasteiger charge is -2.16. The minimum atomic E-state index is 0.431. The first-order valence-corrected chi connectivity index (χ1v) is 5.64. The fourth-order valence-corrected chi connectivity index (χ4v) is 1.91. The topological polar surface area (TPSA) is 24.1 Å². The average Bonchev–Trinajstić information content (AvgIpc) is 2.19. The quantitative estimate of drug-likeness (QED) is 0.845. The number of hydrogen-bond donors (Lipinski definition) is 2. The molecule has 0 bridgehead atoms. The zero-order valence-electron chi connectivity index (χ0n) is 8.68. The first-order chi connectivity index (χ1) is 6.77. The van der Waals surface area contributed by atoms with Crippen LogP contribution in [0.5, 0.6) is 0 Å². The van der Waals surface area contributed by atoms with Crippen molar-refractivity contribution in [2.75, 3.05) is 20.6 Å². The summed E-state index contributed by atoms with van der Waals surface area (Å²) in [6, 6.07) is 8.87. The fourth-order valence-electron chi connectivity index (χ4n) is 1.49. The van der Waals surface area contributed by atoms with Gasteiger partial charge in [0.05, 0.1) is 0 Å². The molecule has 3 heteroatoms. The molecule has 2 nitrogen and oxygen atoms in total. The number of nitrogens with one attached hydrogen (secondary N) is 2. The summed E-state index contributed by atoms with van der Waals surface area (Å²) in [5.74, 6) is 0. The Morgan fingerprint density at radius 3 is 2.71 bits per heavy atom. The van der Waals surface area contributed by atoms with Crippen LogP contribution < -0.4 is 10.6 Å². The molecule has 0 heterocycles. The zero-order valence-corrected chi connectivity index (χ0v) is 10.3. The second-order valence-corrected chi connectivity index (χ2v) is 4.20. The van der Waals surface area contributed by atoms with E-state index in [9.17, 15) is 0 Å². The Hall–Kier alpha value is -0.380. The predicted molar refractivity (Wildman–Crippen MR) is 64.5 cm³/mol. The van der Waals surface area contributed by atoms with E-state index >= 15 is 0 Å². The molecule has 0 aliphatic carbocycles. The molecule has 78 valence electrons. The van der Waals surface area contributed by atoms with E-state index in [2.05, 4.69) is 44.8 Å². The smallest absolute Gasteiger partial charge is 0.0330 e. The first-order valence-electron chi connectivity index (χ1n) is 4.85. The van der Waals surface area contributed by atoms with Gasteiger partial charge >= 0.3 is 0 Å². The van der Waals surface area contributed by atoms with E-state index in [1.807, 2.05) is 20.2 Å². The van der Waals surface area contributed by atoms with Crippen molar-refractivity contribution in [2.45, 2.75) is 12.5 Å². The van der Waals surface area contributed by atoms with Gasteiger partial charge in [-0.05, 0) is 44.8 Å². The highest BCUT2D eigenvalue weighted by atomic mass is 79.9. The SMILES string of the molecule is CNCCC(NC)c1cccc(Br)c1. The molecule has 1 aromatic rings. The molecule has 0 radical (unpaired) electrons. The molecule has 1 atom stereocenters. The van der Waals surface area contributed by atoms with Gasteiger partial charge in [0, 0.05) is 10.5 Å². The Morgan fingerprint density at radius 1 is 1.36 bits per heavy atom. The van der Waals surface area contributed by atoms with Gasteiger partial charge < -0.3 is 10.6 Å². The van der Waals surface area contributed by atoms with Crippen LogP contribution in [0.1, 0.15) is 18.0 Å². The summed E-state index contributed by atoms with van der Waals surface area (Å²) in [4.78, 5) is 0. The highest BCUT2D eigenvalue weighted by Crippen LogP contribution is 2.19. The maximum atomic E-state index is 3.48. The minimum Gasteiger partial charge on any atom is -0.320 e. The molecule has 0 fully saturated rings. The van der Waals surface area contributed by atoms with E-state index in [1.54, 1.807) is 0 Å². The van der Waals surface area contributed by atoms with Crippen molar-refractivity contribution in [1.82, 2.24) is 10.6 Å². The third kappa shape index (κ3) is 3.40. The van der Waals surface area contributed by atoms with Crippen LogP contribution in [0.4, 0.5) is 0 Å². The van der Waals surface area contributed by atoms with Crippen LogP contribution in [0.25, 0.3) is 0 Å². The van der Waals surface area contributed by atoms with E-state index in [0.717, 1.165) is 17.4 Å². The Kier molecular flexibility index (Phi) is 5.15. The van der Waals surface area contributed by atoms with Gasteiger partial charge in [-0.15, -0.1) is 0 Å². The van der Waals surface area contributed by atoms with Crippen molar-refractivity contribution in [1.29, 1.82) is 0 Å². The van der Waals surface area contributed by atoms with Crippen LogP contribution in [-0.2, 0) is 0 Å². The number of hydrogen-bond acceptors (Lipinski definition) is 2. The lowest BCUT2D eigenvalue weighted by Crippen LogP contribution is -2.21. The normalized spacial score (nSPS) is 12.8. The van der Waals surface area contributed by atoms with Gasteiger partial charge in [0.2, 0.25) is 0 Å². The van der Waals surface area contributed by atoms with Crippen molar-refractivity contribution in [3.8, 4) is 0 Å². The van der Waals surface area contributed by atoms with Crippen LogP contribution in [0.2, 0.25) is 0 Å². The van der Waals surface area contributed by atoms with Crippen molar-refractivity contribution in [2.24, 2.45) is 0 Å². The van der Waals surface area contributed by atoms with Crippen LogP contribution in [0, 0.1) is 0 Å². The average molecular weight is 257 g/mol. The predicted octanol–water partition coefficient (Wildman–Crippen LogP) is 2.32. The van der Waals surface area contributed by atoms with Crippen LogP contribution in [0.15, 0.2) is 28.7 Å². The summed E-state index contributed by atoms with van der Waals surface area (Å²) in [7, 11) is 3.98. The summed E-state index contributed by atoms with van der Waals surface area (Å²) in [6.45, 7) is 1.03. The monoisotopic (exact) mass is 256 g/mol. The Morgan fingerprint density at radius 2 is 2.14 bits per heavy atom. The number of benzene rings is 1. The summed E-state index contributed by atoms with van der Waals surface area (Å²) in [5, 5.41) is 6.48. The molecule has 1 unspecified atom stereocenters. The molecule has 14 heavy (non-hydrogen) atoms. The molecule has 1 aromatic carbocycles. The van der Waals surface area contributed by atoms with Gasteiger partial charge in [0.1, 0.15) is 0 Å². The van der Waals surface area contributed by atoms with Gasteiger partial charge in [0.15, 0.2) is 0 Å². The second-order valence-electron chi connectivity index (χ2n) is 3.29. The molecule has 1 rings (SSSR count). The van der Waals surface area contributed by atoms with Crippen molar-refractivity contribution >= 4 is 15.9 Å². The molecule has 0 aromatic heterocycles. The van der Waals surface area contributed by atoms with Gasteiger partial charge in [-0.2, -0.15) is 0 Å². The number of halogens is 1. The van der Waals surface area contributed by atoms with Gasteiger partial charge in [-0.25, -0.2) is 0 Å². The summed E-state index contributed by atoms with van der Waals surface area (Å²) in [5.41, 5.74) is 1.33. The molecular formula is C11H17BrN2. The standard InChI is InChI=1S/C11H17BrN2/c1-13-7-6-11(14-2)9-4-3-5-10(12)8-9/h3-5,8,11,13-14H,6-7H2,1-2H3. The highest BCUT2D eigenvalue weighted by Gasteiger charge is 2.07. The van der Waals surface area contributed by atoms with E-state index in [4.69, 9.17) is 0 Å². The second kappa shape index (κ2) is 6.17. The zero-order chi connectivity index (χ0) is 10.4. The van der Waals surface area contributed by atoms with Crippen LogP contribution in [-0.4, -0.2) is 20.6 Å². The molecule has 0 amide bonds. The summed E-state index contributed by atoms with van der Waals surface area (Å²) < 4.78 is 1.14. The molecule has 0 spiro atoms. The molecular weight excluding hydrogens is 240 g/mol. The fraction of sp³-hybridized carbons (Fsp3) is 0.455. The minimum absolute atomic E-state index is 0.431. The Bertz CT molecular complexity index is 276. The summed E-state index contributed by atoms with van der Waals surface area (Å²) in [6.07, 6.45) is 1.10. The lowest BCUT2D eigenvalue weighted by atomic mass is 10.0. The molecule has 2 N–H and O–H groups in total. The third-order valence-electron chi connectivity index (χ3n) is 2.28. The van der Waals surface area contributed by atoms with Gasteiger partial charge in [0.25, 0.3) is 0 Å². The lowest BCUT2D eigenvalue weighted by molar-refractivity contribution is 0.533. The summed E-state index contributed by atoms with van der Waals surface area (Å²) >= 11 is 3.48. The maximum Gasteiger partial charge on any atom is 0.0330 e. The largest absolute Gasteiger partial charge is 0.320 e. The van der Waals surface area contributed by atoms with E-state index in [1.165, 1.54) is 5.56 Å². The van der Waals surface area contributed by atoms with E-state index in [0.29, 0.717) is 6.04 Å². The third-order valence-corrected chi connectivity index (χ3v) is 2.78. The van der Waals surface area contributed by atoms with Crippen LogP contribution >= 0.6 is 15.9 Å². The van der Waals surface area contributed by atoms with Crippen molar-refractivity contribution in [3.63, 3.8) is 0 Å². The van der Waals surface area contributed by atoms with E-state index in [-0.39, 0.29) is 0 Å². The van der Waals surface area contributed by atoms with E-state index < -0.39 is 0 Å². The highest BCUT2D eigenvalue weighted by molar-refractivity contribution is 9.10. The number of rotatable bonds is 5. The molecule has 0 saturated heterocycles. The Labute approximate surface area is 94.2 Å². The van der Waals surface area contributed by atoms with Gasteiger partial charge in [-0.3, -0.25) is 0 Å². The molecule has 0 aliphatic heterocycles. The molecule has 0 saturated carbocycles. The van der Waals surface area contributed by atoms with Crippen molar-refractivity contribution < 1.29 is 0 Å². The molecule has 0 aliphatic rings. The Balaban J connectivity index is 2.68. The van der Waals surface area contributed by atoms with Crippen molar-refractivity contribution in [3.05, 3.63) is 34.3 Å². The first kappa shape index (κ1) is 11.7. The van der Waals surface area contributed by atoms with Gasteiger partial charge in [-0.1, -0.05) is 28.1 Å². The maximum absolute atomic E-state index is 3.48. The van der Waals surface area contributed by atoms with Crippen LogP contribution in [0.3, 0.4) is 0 Å².